The largest absolute Gasteiger partial charge is 0.354 e. The lowest BCUT2D eigenvalue weighted by atomic mass is 9.54. The Labute approximate surface area is 660 Å². The second-order valence-corrected chi connectivity index (χ2v) is 31.8. The van der Waals surface area contributed by atoms with Gasteiger partial charge in [0.25, 0.3) is 0 Å². The van der Waals surface area contributed by atoms with Crippen LogP contribution in [0.3, 0.4) is 0 Å². The lowest BCUT2D eigenvalue weighted by Crippen LogP contribution is -2.42. The Morgan fingerprint density at radius 2 is 0.717 bits per heavy atom. The highest BCUT2D eigenvalue weighted by Crippen LogP contribution is 2.73. The molecule has 2 spiro atoms. The number of nitrogens with zero attached hydrogens (tertiary/aromatic N) is 1. The molecule has 2 nitrogen and oxygen atoms in total. The molecule has 2 aromatic heterocycles. The maximum atomic E-state index is 4.05. The van der Waals surface area contributed by atoms with E-state index in [0.29, 0.717) is 0 Å². The number of H-pyrrole nitrogens is 1. The van der Waals surface area contributed by atoms with Crippen LogP contribution in [-0.4, -0.2) is 4.98 Å². The summed E-state index contributed by atoms with van der Waals surface area (Å²) in [5.74, 6) is 0. The van der Waals surface area contributed by atoms with E-state index in [2.05, 4.69) is 416 Å². The van der Waals surface area contributed by atoms with Crippen LogP contribution in [0.15, 0.2) is 421 Å². The molecule has 0 radical (unpaired) electrons. The van der Waals surface area contributed by atoms with E-state index in [1.54, 1.807) is 0 Å². The van der Waals surface area contributed by atoms with Crippen LogP contribution in [0.4, 0.5) is 11.4 Å². The maximum absolute atomic E-state index is 4.05. The van der Waals surface area contributed by atoms with E-state index >= 15 is 0 Å². The summed E-state index contributed by atoms with van der Waals surface area (Å²) in [5, 5.41) is 4.88. The first-order valence-corrected chi connectivity index (χ1v) is 40.1. The maximum Gasteiger partial charge on any atom is 0.0810 e. The fraction of sp³-hybridized carbons (Fsp3) is 0.0182. The number of anilines is 2. The zero-order valence-corrected chi connectivity index (χ0v) is 62.4. The van der Waals surface area contributed by atoms with E-state index in [-0.39, 0.29) is 0 Å². The third-order valence-corrected chi connectivity index (χ3v) is 26.3. The number of hydrogen-bond donors (Lipinski definition) is 1. The Kier molecular flexibility index (Phi) is 13.9. The van der Waals surface area contributed by atoms with Crippen molar-refractivity contribution in [1.29, 1.82) is 0 Å². The van der Waals surface area contributed by atoms with Gasteiger partial charge in [0, 0.05) is 58.7 Å². The minimum absolute atomic E-state index is 0.954. The standard InChI is InChI=1S/C110H68N2S/c1-3-30-68(31-4-1)74-38-13-14-43-79(74)86-49-25-37-73-67-96-105(102(73)86)104(88-47-16-15-44-80(88)87-50-27-59-101-103(87)91-48-20-24-58-100(91)113-101)106(92-61-60-83-77-41-12-9-35-71(77)65-94(83)109(92)62-28-53-81-75-39-10-7-34-70(75)64-93(81)109)108(110(96)63-29-54-82-76-40-11-8-36-72(76)66-95(82)110)112(98-56-22-18-42-78(98)69-32-5-2-6-33-69)99-57-23-19-46-85(99)90-52-26-51-89-84-45-17-21-55-97(84)111-107(89)90/h1-67,111H. The molecule has 0 saturated carbocycles. The number of aromatic amines is 1. The van der Waals surface area contributed by atoms with Gasteiger partial charge < -0.3 is 9.88 Å². The van der Waals surface area contributed by atoms with Crippen LogP contribution in [0.2, 0.25) is 0 Å². The second-order valence-electron chi connectivity index (χ2n) is 30.8. The number of hydrogen-bond acceptors (Lipinski definition) is 2. The van der Waals surface area contributed by atoms with Crippen LogP contribution < -0.4 is 4.90 Å². The summed E-state index contributed by atoms with van der Waals surface area (Å²) in [6, 6.07) is 126. The predicted molar refractivity (Wildman–Crippen MR) is 478 cm³/mol. The Morgan fingerprint density at radius 1 is 0.265 bits per heavy atom. The summed E-state index contributed by atoms with van der Waals surface area (Å²) in [6.45, 7) is 0. The van der Waals surface area contributed by atoms with Crippen molar-refractivity contribution in [2.45, 2.75) is 0 Å². The smallest absolute Gasteiger partial charge is 0.0810 e. The molecule has 113 heavy (non-hydrogen) atoms. The first kappa shape index (κ1) is 63.7. The number of rotatable bonds is 10. The summed E-state index contributed by atoms with van der Waals surface area (Å²) in [7, 11) is 0. The van der Waals surface area contributed by atoms with Crippen molar-refractivity contribution in [2.75, 3.05) is 4.90 Å². The van der Waals surface area contributed by atoms with Gasteiger partial charge in [-0.05, 0) is 199 Å². The van der Waals surface area contributed by atoms with Crippen molar-refractivity contribution < 1.29 is 0 Å². The summed E-state index contributed by atoms with van der Waals surface area (Å²) >= 11 is 1.88. The van der Waals surface area contributed by atoms with Gasteiger partial charge in [-0.25, -0.2) is 0 Å². The van der Waals surface area contributed by atoms with Crippen LogP contribution in [0.5, 0.6) is 0 Å². The molecule has 14 aromatic carbocycles. The number of fused-ring (bicyclic) bond motifs is 22. The van der Waals surface area contributed by atoms with E-state index in [1.807, 2.05) is 11.3 Å². The number of allylic oxidation sites excluding steroid dienone is 17. The van der Waals surface area contributed by atoms with E-state index in [0.717, 1.165) is 72.6 Å². The number of thiophene rings is 1. The molecule has 2 heterocycles. The Bertz CT molecular complexity index is 7310. The number of nitrogens with one attached hydrogen (secondary N) is 1. The van der Waals surface area contributed by atoms with Gasteiger partial charge in [-0.1, -0.05) is 352 Å². The van der Waals surface area contributed by atoms with Crippen LogP contribution in [0, 0.1) is 10.8 Å². The van der Waals surface area contributed by atoms with Crippen molar-refractivity contribution >= 4 is 117 Å². The van der Waals surface area contributed by atoms with Crippen LogP contribution >= 0.6 is 11.3 Å². The Hall–Kier alpha value is -14.2. The quantitative estimate of drug-likeness (QED) is 0.145. The molecule has 24 rings (SSSR count). The first-order chi connectivity index (χ1) is 56.1. The van der Waals surface area contributed by atoms with E-state index in [1.165, 1.54) is 153 Å². The average Bonchev–Trinajstić information content (AvgIpc) is 1.58. The third kappa shape index (κ3) is 9.11. The highest BCUT2D eigenvalue weighted by Gasteiger charge is 2.59. The van der Waals surface area contributed by atoms with Gasteiger partial charge in [0.2, 0.25) is 0 Å². The molecular formula is C110H68N2S. The lowest BCUT2D eigenvalue weighted by Gasteiger charge is -2.52. The first-order valence-electron chi connectivity index (χ1n) is 39.3. The lowest BCUT2D eigenvalue weighted by molar-refractivity contribution is 0.652. The van der Waals surface area contributed by atoms with Crippen LogP contribution in [0.25, 0.3) is 150 Å². The molecule has 0 amide bonds. The van der Waals surface area contributed by atoms with E-state index in [4.69, 9.17) is 0 Å². The van der Waals surface area contributed by atoms with Crippen molar-refractivity contribution in [1.82, 2.24) is 4.98 Å². The molecule has 0 bridgehead atoms. The van der Waals surface area contributed by atoms with Gasteiger partial charge in [-0.2, -0.15) is 0 Å². The molecule has 524 valence electrons. The molecule has 8 aliphatic carbocycles. The molecule has 0 aliphatic heterocycles. The van der Waals surface area contributed by atoms with Gasteiger partial charge in [-0.15, -0.1) is 11.3 Å². The molecule has 2 unspecified atom stereocenters. The number of benzene rings is 14. The fourth-order valence-electron chi connectivity index (χ4n) is 20.6. The number of aromatic nitrogens is 1. The zero-order chi connectivity index (χ0) is 74.0. The van der Waals surface area contributed by atoms with Crippen molar-refractivity contribution in [2.24, 2.45) is 10.8 Å². The van der Waals surface area contributed by atoms with E-state index < -0.39 is 10.8 Å². The van der Waals surface area contributed by atoms with Crippen molar-refractivity contribution in [3.8, 4) is 55.6 Å². The Balaban J connectivity index is 0.953. The molecule has 0 fully saturated rings. The predicted octanol–water partition coefficient (Wildman–Crippen LogP) is 28.9. The van der Waals surface area contributed by atoms with Gasteiger partial charge >= 0.3 is 0 Å². The fourth-order valence-corrected chi connectivity index (χ4v) is 21.7. The minimum Gasteiger partial charge on any atom is -0.354 e. The topological polar surface area (TPSA) is 19.0 Å². The monoisotopic (exact) mass is 1450 g/mol. The van der Waals surface area contributed by atoms with Gasteiger partial charge in [0.1, 0.15) is 0 Å². The molecule has 2 atom stereocenters. The molecule has 16 aromatic rings. The molecular weight excluding hydrogens is 1380 g/mol. The summed E-state index contributed by atoms with van der Waals surface area (Å²) in [4.78, 5) is 6.86. The van der Waals surface area contributed by atoms with Gasteiger partial charge in [0.15, 0.2) is 0 Å². The zero-order valence-electron chi connectivity index (χ0n) is 61.5. The average molecular weight is 1450 g/mol. The van der Waals surface area contributed by atoms with Crippen LogP contribution in [-0.2, 0) is 0 Å². The third-order valence-electron chi connectivity index (χ3n) is 25.2. The van der Waals surface area contributed by atoms with Crippen molar-refractivity contribution in [3.63, 3.8) is 0 Å². The van der Waals surface area contributed by atoms with Gasteiger partial charge in [0.05, 0.1) is 33.4 Å². The summed E-state index contributed by atoms with van der Waals surface area (Å²) < 4.78 is 2.52. The number of para-hydroxylation sites is 4. The minimum atomic E-state index is -1.13. The molecule has 0 saturated heterocycles. The molecule has 1 N–H and O–H groups in total. The van der Waals surface area contributed by atoms with E-state index in [9.17, 15) is 0 Å². The Morgan fingerprint density at radius 3 is 1.41 bits per heavy atom. The summed E-state index contributed by atoms with van der Waals surface area (Å²) in [6.07, 6.45) is 30.3. The summed E-state index contributed by atoms with van der Waals surface area (Å²) in [5.41, 5.74) is 38.9. The SMILES string of the molecule is C1=CC2(C3=Cc4ccccc4C3=C1)C1=Cc3ccccc3C1=CC=C2C1=C(N(c2ccccc2-c2ccccc2)c2ccccc2-c2cccc3c2[nH]c2ccccc23)C2(C=CC=C3C2=Cc2ccccc23)C2=Cc3cccc(-c4ccccc4-c4ccccc4)c3C2=C1c1ccccc1-c1cccc2sc3ccccc3c12. The van der Waals surface area contributed by atoms with Crippen molar-refractivity contribution in [3.05, 3.63) is 471 Å². The highest BCUT2D eigenvalue weighted by molar-refractivity contribution is 7.26. The normalized spacial score (nSPS) is 17.7. The second kappa shape index (κ2) is 24.6. The molecule has 3 heteroatoms. The molecule has 8 aliphatic rings. The van der Waals surface area contributed by atoms with Crippen LogP contribution in [0.1, 0.15) is 50.1 Å². The highest BCUT2D eigenvalue weighted by atomic mass is 32.1. The van der Waals surface area contributed by atoms with Gasteiger partial charge in [-0.3, -0.25) is 0 Å².